The van der Waals surface area contributed by atoms with Gasteiger partial charge < -0.3 is 0 Å². The molecular formula is C8H9. The van der Waals surface area contributed by atoms with Gasteiger partial charge in [0.25, 0.3) is 0 Å². The van der Waals surface area contributed by atoms with Gasteiger partial charge in [-0.25, -0.2) is 0 Å². The molecule has 1 unspecified atom stereocenters. The van der Waals surface area contributed by atoms with Gasteiger partial charge in [0.15, 0.2) is 0 Å². The molecule has 1 radical (unpaired) electrons. The molecule has 0 heteroatoms. The number of hydrogen-bond acceptors (Lipinski definition) is 0. The van der Waals surface area contributed by atoms with Crippen LogP contribution >= 0.6 is 0 Å². The molecular weight excluding hydrogens is 96.1 g/mol. The summed E-state index contributed by atoms with van der Waals surface area (Å²) in [6, 6.07) is 0. The highest BCUT2D eigenvalue weighted by molar-refractivity contribution is 5.16. The normalized spacial score (nSPS) is 10.6. The van der Waals surface area contributed by atoms with Gasteiger partial charge in [0, 0.05) is 6.42 Å². The molecule has 0 aliphatic carbocycles. The van der Waals surface area contributed by atoms with E-state index in [4.69, 9.17) is 6.42 Å². The van der Waals surface area contributed by atoms with Crippen LogP contribution < -0.4 is 0 Å². The zero-order valence-electron chi connectivity index (χ0n) is 5.23. The van der Waals surface area contributed by atoms with Crippen molar-refractivity contribution in [1.29, 1.82) is 0 Å². The second-order valence-corrected chi connectivity index (χ2v) is 1.47. The zero-order chi connectivity index (χ0) is 6.41. The summed E-state index contributed by atoms with van der Waals surface area (Å²) in [4.78, 5) is 0. The van der Waals surface area contributed by atoms with Crippen LogP contribution in [0.4, 0.5) is 0 Å². The maximum Gasteiger partial charge on any atom is 0.0780 e. The van der Waals surface area contributed by atoms with E-state index < -0.39 is 0 Å². The zero-order valence-corrected chi connectivity index (χ0v) is 5.23. The highest BCUT2D eigenvalue weighted by Crippen LogP contribution is 1.85. The molecule has 0 spiro atoms. The van der Waals surface area contributed by atoms with Crippen LogP contribution in [0.1, 0.15) is 13.8 Å². The van der Waals surface area contributed by atoms with Crippen molar-refractivity contribution in [2.24, 2.45) is 5.92 Å². The number of rotatable bonds is 0. The highest BCUT2D eigenvalue weighted by Gasteiger charge is 1.82. The maximum absolute atomic E-state index is 5.05. The van der Waals surface area contributed by atoms with Gasteiger partial charge in [-0.15, -0.1) is 6.42 Å². The lowest BCUT2D eigenvalue weighted by Crippen LogP contribution is -1.80. The number of hydrogen-bond donors (Lipinski definition) is 0. The molecule has 0 fully saturated rings. The molecule has 0 nitrogen and oxygen atoms in total. The van der Waals surface area contributed by atoms with Crippen molar-refractivity contribution < 1.29 is 0 Å². The summed E-state index contributed by atoms with van der Waals surface area (Å²) in [5.41, 5.74) is 0. The first-order valence-corrected chi connectivity index (χ1v) is 2.56. The van der Waals surface area contributed by atoms with Crippen LogP contribution in [0.15, 0.2) is 0 Å². The minimum absolute atomic E-state index is 0.0891. The molecule has 0 saturated carbocycles. The van der Waals surface area contributed by atoms with Crippen molar-refractivity contribution in [2.45, 2.75) is 13.8 Å². The fourth-order valence-corrected chi connectivity index (χ4v) is 0.250. The van der Waals surface area contributed by atoms with Gasteiger partial charge in [0.1, 0.15) is 0 Å². The van der Waals surface area contributed by atoms with E-state index in [2.05, 4.69) is 17.8 Å². The van der Waals surface area contributed by atoms with Crippen LogP contribution in [0.5, 0.6) is 0 Å². The van der Waals surface area contributed by atoms with Gasteiger partial charge in [-0.2, -0.15) is 0 Å². The van der Waals surface area contributed by atoms with E-state index in [0.717, 1.165) is 0 Å². The average molecular weight is 105 g/mol. The van der Waals surface area contributed by atoms with Crippen molar-refractivity contribution in [3.63, 3.8) is 0 Å². The summed E-state index contributed by atoms with van der Waals surface area (Å²) in [5.74, 6) is 8.22. The highest BCUT2D eigenvalue weighted by atomic mass is 13.8. The molecule has 0 aromatic carbocycles. The summed E-state index contributed by atoms with van der Waals surface area (Å²) in [6.45, 7) is 3.78. The molecule has 0 aromatic heterocycles. The van der Waals surface area contributed by atoms with Crippen LogP contribution in [0.3, 0.4) is 0 Å². The SMILES string of the molecule is C#CC(C)C#C[CH]C. The Morgan fingerprint density at radius 3 is 2.62 bits per heavy atom. The summed E-state index contributed by atoms with van der Waals surface area (Å²) < 4.78 is 0. The van der Waals surface area contributed by atoms with E-state index >= 15 is 0 Å². The first-order chi connectivity index (χ1) is 3.81. The van der Waals surface area contributed by atoms with Gasteiger partial charge >= 0.3 is 0 Å². The lowest BCUT2D eigenvalue weighted by Gasteiger charge is -1.83. The Labute approximate surface area is 51.3 Å². The molecule has 0 heterocycles. The Hall–Kier alpha value is -0.880. The van der Waals surface area contributed by atoms with E-state index in [1.54, 1.807) is 6.42 Å². The van der Waals surface area contributed by atoms with Crippen LogP contribution in [-0.4, -0.2) is 0 Å². The molecule has 1 atom stereocenters. The molecule has 0 aliphatic rings. The van der Waals surface area contributed by atoms with E-state index in [1.807, 2.05) is 13.8 Å². The predicted molar refractivity (Wildman–Crippen MR) is 35.7 cm³/mol. The molecule has 0 rings (SSSR count). The third kappa shape index (κ3) is 3.32. The van der Waals surface area contributed by atoms with Gasteiger partial charge in [0.2, 0.25) is 0 Å². The van der Waals surface area contributed by atoms with E-state index in [1.165, 1.54) is 0 Å². The first-order valence-electron chi connectivity index (χ1n) is 2.56. The fraction of sp³-hybridized carbons (Fsp3) is 0.375. The molecule has 0 aromatic rings. The van der Waals surface area contributed by atoms with Gasteiger partial charge in [-0.05, 0) is 6.92 Å². The second kappa shape index (κ2) is 4.28. The Balaban J connectivity index is 3.56. The standard InChI is InChI=1S/C8H9/c1-4-6-7-8(3)5-2/h2,4,8H,1,3H3. The number of terminal acetylenes is 1. The molecule has 8 heavy (non-hydrogen) atoms. The topological polar surface area (TPSA) is 0 Å². The average Bonchev–Trinajstić information content (AvgIpc) is 1.83. The molecule has 41 valence electrons. The summed E-state index contributed by atoms with van der Waals surface area (Å²) >= 11 is 0. The molecule has 0 N–H and O–H groups in total. The summed E-state index contributed by atoms with van der Waals surface area (Å²) in [7, 11) is 0. The Morgan fingerprint density at radius 1 is 1.62 bits per heavy atom. The molecule has 0 aliphatic heterocycles. The predicted octanol–water partition coefficient (Wildman–Crippen LogP) is 1.48. The summed E-state index contributed by atoms with van der Waals surface area (Å²) in [6.07, 6.45) is 6.83. The van der Waals surface area contributed by atoms with Crippen molar-refractivity contribution in [3.8, 4) is 24.2 Å². The smallest absolute Gasteiger partial charge is 0.0780 e. The van der Waals surface area contributed by atoms with Crippen LogP contribution in [-0.2, 0) is 0 Å². The van der Waals surface area contributed by atoms with Crippen molar-refractivity contribution >= 4 is 0 Å². The lowest BCUT2D eigenvalue weighted by molar-refractivity contribution is 1.02. The lowest BCUT2D eigenvalue weighted by atomic mass is 10.2. The first kappa shape index (κ1) is 7.12. The quantitative estimate of drug-likeness (QED) is 0.409. The van der Waals surface area contributed by atoms with Crippen molar-refractivity contribution in [2.75, 3.05) is 0 Å². The van der Waals surface area contributed by atoms with E-state index in [0.29, 0.717) is 0 Å². The summed E-state index contributed by atoms with van der Waals surface area (Å²) in [5, 5.41) is 0. The minimum atomic E-state index is 0.0891. The van der Waals surface area contributed by atoms with Crippen molar-refractivity contribution in [1.82, 2.24) is 0 Å². The molecule has 0 amide bonds. The van der Waals surface area contributed by atoms with E-state index in [-0.39, 0.29) is 5.92 Å². The van der Waals surface area contributed by atoms with Crippen LogP contribution in [0, 0.1) is 36.5 Å². The molecule has 0 saturated heterocycles. The second-order valence-electron chi connectivity index (χ2n) is 1.47. The van der Waals surface area contributed by atoms with Crippen molar-refractivity contribution in [3.05, 3.63) is 6.42 Å². The Morgan fingerprint density at radius 2 is 2.25 bits per heavy atom. The maximum atomic E-state index is 5.05. The van der Waals surface area contributed by atoms with Crippen LogP contribution in [0.25, 0.3) is 0 Å². The molecule has 0 bridgehead atoms. The van der Waals surface area contributed by atoms with Gasteiger partial charge in [-0.3, -0.25) is 0 Å². The minimum Gasteiger partial charge on any atom is -0.119 e. The van der Waals surface area contributed by atoms with E-state index in [9.17, 15) is 0 Å². The Bertz CT molecular complexity index is 138. The Kier molecular flexibility index (Phi) is 3.81. The fourth-order valence-electron chi connectivity index (χ4n) is 0.250. The third-order valence-corrected chi connectivity index (χ3v) is 0.694. The largest absolute Gasteiger partial charge is 0.119 e. The third-order valence-electron chi connectivity index (χ3n) is 0.694. The van der Waals surface area contributed by atoms with Crippen LogP contribution in [0.2, 0.25) is 0 Å². The van der Waals surface area contributed by atoms with Gasteiger partial charge in [0.05, 0.1) is 5.92 Å². The van der Waals surface area contributed by atoms with Gasteiger partial charge in [-0.1, -0.05) is 24.7 Å². The monoisotopic (exact) mass is 105 g/mol.